The number of ether oxygens (including phenoxy) is 1. The molecule has 0 unspecified atom stereocenters. The summed E-state index contributed by atoms with van der Waals surface area (Å²) in [5.41, 5.74) is 2.42. The molecule has 18 heavy (non-hydrogen) atoms. The van der Waals surface area contributed by atoms with E-state index in [1.165, 1.54) is 14.7 Å². The van der Waals surface area contributed by atoms with Gasteiger partial charge in [-0.2, -0.15) is 0 Å². The van der Waals surface area contributed by atoms with E-state index in [1.807, 2.05) is 37.4 Å². The fraction of sp³-hybridized carbons (Fsp3) is 0.200. The van der Waals surface area contributed by atoms with Crippen LogP contribution in [-0.4, -0.2) is 7.05 Å². The van der Waals surface area contributed by atoms with Crippen molar-refractivity contribution in [1.82, 2.24) is 5.32 Å². The zero-order valence-electron chi connectivity index (χ0n) is 10.5. The summed E-state index contributed by atoms with van der Waals surface area (Å²) in [5, 5.41) is 3.17. The van der Waals surface area contributed by atoms with Crippen LogP contribution >= 0.6 is 22.6 Å². The quantitative estimate of drug-likeness (QED) is 0.836. The Labute approximate surface area is 122 Å². The molecule has 0 atom stereocenters. The Kier molecular flexibility index (Phi) is 4.60. The summed E-state index contributed by atoms with van der Waals surface area (Å²) in [5.74, 6) is 1.78. The van der Waals surface area contributed by atoms with Crippen molar-refractivity contribution in [2.24, 2.45) is 0 Å². The highest BCUT2D eigenvalue weighted by Crippen LogP contribution is 2.26. The molecule has 0 aliphatic heterocycles. The van der Waals surface area contributed by atoms with Gasteiger partial charge in [-0.15, -0.1) is 0 Å². The minimum absolute atomic E-state index is 0.807. The van der Waals surface area contributed by atoms with Crippen molar-refractivity contribution in [2.45, 2.75) is 13.5 Å². The van der Waals surface area contributed by atoms with Gasteiger partial charge in [0.05, 0.1) is 0 Å². The molecule has 2 aromatic carbocycles. The zero-order valence-corrected chi connectivity index (χ0v) is 12.7. The topological polar surface area (TPSA) is 21.3 Å². The van der Waals surface area contributed by atoms with E-state index in [0.717, 1.165) is 18.0 Å². The normalized spacial score (nSPS) is 10.4. The van der Waals surface area contributed by atoms with Crippen molar-refractivity contribution < 1.29 is 4.74 Å². The van der Waals surface area contributed by atoms with E-state index < -0.39 is 0 Å². The Hall–Kier alpha value is -1.07. The largest absolute Gasteiger partial charge is 0.457 e. The highest BCUT2D eigenvalue weighted by atomic mass is 127. The van der Waals surface area contributed by atoms with Gasteiger partial charge in [-0.1, -0.05) is 17.7 Å². The first-order valence-electron chi connectivity index (χ1n) is 5.86. The van der Waals surface area contributed by atoms with Gasteiger partial charge in [0.25, 0.3) is 0 Å². The van der Waals surface area contributed by atoms with Gasteiger partial charge >= 0.3 is 0 Å². The van der Waals surface area contributed by atoms with Crippen LogP contribution in [0.2, 0.25) is 0 Å². The maximum Gasteiger partial charge on any atom is 0.131 e. The third kappa shape index (κ3) is 3.46. The van der Waals surface area contributed by atoms with E-state index >= 15 is 0 Å². The van der Waals surface area contributed by atoms with Gasteiger partial charge < -0.3 is 10.1 Å². The van der Waals surface area contributed by atoms with E-state index in [2.05, 4.69) is 47.0 Å². The first kappa shape index (κ1) is 13.4. The molecule has 0 saturated carbocycles. The van der Waals surface area contributed by atoms with E-state index in [0.29, 0.717) is 0 Å². The Morgan fingerprint density at radius 1 is 1.11 bits per heavy atom. The molecule has 2 nitrogen and oxygen atoms in total. The summed E-state index contributed by atoms with van der Waals surface area (Å²) in [6.45, 7) is 2.90. The molecule has 0 heterocycles. The molecule has 0 radical (unpaired) electrons. The van der Waals surface area contributed by atoms with Gasteiger partial charge in [-0.05, 0) is 66.9 Å². The van der Waals surface area contributed by atoms with Gasteiger partial charge in [-0.25, -0.2) is 0 Å². The summed E-state index contributed by atoms with van der Waals surface area (Å²) in [4.78, 5) is 0. The van der Waals surface area contributed by atoms with Crippen LogP contribution in [-0.2, 0) is 6.54 Å². The van der Waals surface area contributed by atoms with Crippen LogP contribution in [0.3, 0.4) is 0 Å². The van der Waals surface area contributed by atoms with Gasteiger partial charge in [0, 0.05) is 15.7 Å². The Morgan fingerprint density at radius 3 is 2.50 bits per heavy atom. The number of hydrogen-bond donors (Lipinski definition) is 1. The predicted molar refractivity (Wildman–Crippen MR) is 83.2 cm³/mol. The maximum absolute atomic E-state index is 5.93. The predicted octanol–water partition coefficient (Wildman–Crippen LogP) is 4.11. The molecule has 2 rings (SSSR count). The molecule has 0 aliphatic rings. The molecule has 2 aromatic rings. The molecule has 0 aromatic heterocycles. The lowest BCUT2D eigenvalue weighted by molar-refractivity contribution is 0.474. The van der Waals surface area contributed by atoms with Crippen molar-refractivity contribution in [2.75, 3.05) is 7.05 Å². The standard InChI is InChI=1S/C15H16INO/c1-11-3-8-15(12(9-11)10-17-2)18-14-6-4-13(16)5-7-14/h3-9,17H,10H2,1-2H3. The molecule has 0 aliphatic carbocycles. The molecular formula is C15H16INO. The highest BCUT2D eigenvalue weighted by molar-refractivity contribution is 14.1. The van der Waals surface area contributed by atoms with Crippen molar-refractivity contribution >= 4 is 22.6 Å². The second-order valence-corrected chi connectivity index (χ2v) is 5.44. The van der Waals surface area contributed by atoms with Crippen molar-refractivity contribution in [3.05, 3.63) is 57.2 Å². The van der Waals surface area contributed by atoms with Gasteiger partial charge in [-0.3, -0.25) is 0 Å². The van der Waals surface area contributed by atoms with E-state index in [9.17, 15) is 0 Å². The molecule has 94 valence electrons. The molecule has 3 heteroatoms. The lowest BCUT2D eigenvalue weighted by atomic mass is 10.1. The maximum atomic E-state index is 5.93. The number of nitrogens with one attached hydrogen (secondary N) is 1. The summed E-state index contributed by atoms with van der Waals surface area (Å²) >= 11 is 2.29. The highest BCUT2D eigenvalue weighted by Gasteiger charge is 2.04. The van der Waals surface area contributed by atoms with Crippen LogP contribution in [0.25, 0.3) is 0 Å². The summed E-state index contributed by atoms with van der Waals surface area (Å²) < 4.78 is 7.14. The van der Waals surface area contributed by atoms with E-state index in [-0.39, 0.29) is 0 Å². The smallest absolute Gasteiger partial charge is 0.131 e. The lowest BCUT2D eigenvalue weighted by Crippen LogP contribution is -2.06. The Balaban J connectivity index is 2.25. The minimum atomic E-state index is 0.807. The lowest BCUT2D eigenvalue weighted by Gasteiger charge is -2.12. The van der Waals surface area contributed by atoms with E-state index in [4.69, 9.17) is 4.74 Å². The molecule has 0 bridgehead atoms. The number of rotatable bonds is 4. The Morgan fingerprint density at radius 2 is 1.83 bits per heavy atom. The van der Waals surface area contributed by atoms with Crippen molar-refractivity contribution in [3.63, 3.8) is 0 Å². The number of aryl methyl sites for hydroxylation is 1. The van der Waals surface area contributed by atoms with Crippen LogP contribution in [0.1, 0.15) is 11.1 Å². The Bertz CT molecular complexity index is 523. The molecule has 0 fully saturated rings. The molecule has 0 spiro atoms. The average Bonchev–Trinajstić information content (AvgIpc) is 2.36. The first-order valence-corrected chi connectivity index (χ1v) is 6.94. The molecular weight excluding hydrogens is 337 g/mol. The van der Waals surface area contributed by atoms with Crippen LogP contribution < -0.4 is 10.1 Å². The molecule has 0 amide bonds. The zero-order chi connectivity index (χ0) is 13.0. The fourth-order valence-corrected chi connectivity index (χ4v) is 2.13. The third-order valence-electron chi connectivity index (χ3n) is 2.62. The van der Waals surface area contributed by atoms with Gasteiger partial charge in [0.2, 0.25) is 0 Å². The molecule has 0 saturated heterocycles. The average molecular weight is 353 g/mol. The molecule has 1 N–H and O–H groups in total. The van der Waals surface area contributed by atoms with Crippen molar-refractivity contribution in [3.8, 4) is 11.5 Å². The second kappa shape index (κ2) is 6.20. The van der Waals surface area contributed by atoms with Crippen LogP contribution in [0.15, 0.2) is 42.5 Å². The minimum Gasteiger partial charge on any atom is -0.457 e. The summed E-state index contributed by atoms with van der Waals surface area (Å²) in [7, 11) is 1.94. The second-order valence-electron chi connectivity index (χ2n) is 4.20. The van der Waals surface area contributed by atoms with E-state index in [1.54, 1.807) is 0 Å². The number of halogens is 1. The summed E-state index contributed by atoms with van der Waals surface area (Å²) in [6, 6.07) is 14.3. The SMILES string of the molecule is CNCc1cc(C)ccc1Oc1ccc(I)cc1. The van der Waals surface area contributed by atoms with Crippen LogP contribution in [0, 0.1) is 10.5 Å². The van der Waals surface area contributed by atoms with Crippen molar-refractivity contribution in [1.29, 1.82) is 0 Å². The van der Waals surface area contributed by atoms with Crippen LogP contribution in [0.5, 0.6) is 11.5 Å². The first-order chi connectivity index (χ1) is 8.69. The monoisotopic (exact) mass is 353 g/mol. The van der Waals surface area contributed by atoms with Gasteiger partial charge in [0.1, 0.15) is 11.5 Å². The number of hydrogen-bond acceptors (Lipinski definition) is 2. The fourth-order valence-electron chi connectivity index (χ4n) is 1.77. The number of benzene rings is 2. The summed E-state index contributed by atoms with van der Waals surface area (Å²) in [6.07, 6.45) is 0. The van der Waals surface area contributed by atoms with Gasteiger partial charge in [0.15, 0.2) is 0 Å². The third-order valence-corrected chi connectivity index (χ3v) is 3.34. The van der Waals surface area contributed by atoms with Crippen LogP contribution in [0.4, 0.5) is 0 Å².